The number of carbonyl (C=O) groups is 4. The lowest BCUT2D eigenvalue weighted by Gasteiger charge is -2.25. The van der Waals surface area contributed by atoms with Crippen molar-refractivity contribution in [2.75, 3.05) is 11.9 Å². The smallest absolute Gasteiger partial charge is 0.408 e. The van der Waals surface area contributed by atoms with Crippen LogP contribution in [0.1, 0.15) is 83.8 Å². The molecule has 2 N–H and O–H groups in total. The van der Waals surface area contributed by atoms with Crippen molar-refractivity contribution in [2.24, 2.45) is 5.92 Å². The van der Waals surface area contributed by atoms with Crippen LogP contribution in [0.5, 0.6) is 0 Å². The summed E-state index contributed by atoms with van der Waals surface area (Å²) < 4.78 is 10.5. The molecule has 1 fully saturated rings. The number of aromatic nitrogens is 2. The number of aryl methyl sites for hydroxylation is 1. The highest BCUT2D eigenvalue weighted by molar-refractivity contribution is 6.13. The van der Waals surface area contributed by atoms with Crippen molar-refractivity contribution in [2.45, 2.75) is 91.3 Å². The summed E-state index contributed by atoms with van der Waals surface area (Å²) in [5, 5.41) is 5.92. The van der Waals surface area contributed by atoms with Crippen molar-refractivity contribution in [1.29, 1.82) is 0 Å². The van der Waals surface area contributed by atoms with E-state index in [-0.39, 0.29) is 17.7 Å². The first kappa shape index (κ1) is 29.0. The molecule has 0 spiro atoms. The molecule has 0 radical (unpaired) electrons. The highest BCUT2D eigenvalue weighted by Crippen LogP contribution is 2.40. The van der Waals surface area contributed by atoms with Gasteiger partial charge in [0.15, 0.2) is 11.6 Å². The van der Waals surface area contributed by atoms with Crippen molar-refractivity contribution in [1.82, 2.24) is 15.3 Å². The average molecular weight is 527 g/mol. The zero-order chi connectivity index (χ0) is 28.5. The van der Waals surface area contributed by atoms with E-state index in [4.69, 9.17) is 9.47 Å². The van der Waals surface area contributed by atoms with E-state index in [2.05, 4.69) is 20.6 Å². The fourth-order valence-electron chi connectivity index (χ4n) is 4.08. The second kappa shape index (κ2) is 10.7. The molecule has 2 aromatic rings. The van der Waals surface area contributed by atoms with Gasteiger partial charge in [0.05, 0.1) is 17.8 Å². The van der Waals surface area contributed by atoms with E-state index >= 15 is 0 Å². The van der Waals surface area contributed by atoms with Crippen molar-refractivity contribution < 1.29 is 28.7 Å². The summed E-state index contributed by atoms with van der Waals surface area (Å²) in [6.07, 6.45) is -0.492. The van der Waals surface area contributed by atoms with Crippen LogP contribution in [0.15, 0.2) is 18.2 Å². The number of carbonyl (C=O) groups excluding carboxylic acids is 4. The fraction of sp³-hybridized carbons (Fsp3) is 0.571. The van der Waals surface area contributed by atoms with Crippen LogP contribution in [0, 0.1) is 12.8 Å². The number of anilines is 1. The van der Waals surface area contributed by atoms with Gasteiger partial charge in [-0.05, 0) is 80.4 Å². The number of para-hydroxylation sites is 1. The number of esters is 1. The first-order chi connectivity index (χ1) is 17.5. The van der Waals surface area contributed by atoms with Crippen LogP contribution in [-0.4, -0.2) is 56.9 Å². The summed E-state index contributed by atoms with van der Waals surface area (Å²) in [7, 11) is 0. The molecule has 1 aromatic heterocycles. The van der Waals surface area contributed by atoms with E-state index in [9.17, 15) is 19.2 Å². The molecule has 1 saturated carbocycles. The molecule has 1 aliphatic carbocycles. The lowest BCUT2D eigenvalue weighted by Crippen LogP contribution is -2.49. The predicted octanol–water partition coefficient (Wildman–Crippen LogP) is 4.53. The topological polar surface area (TPSA) is 137 Å². The van der Waals surface area contributed by atoms with E-state index in [0.717, 1.165) is 0 Å². The molecular formula is C28H38N4O6. The number of alkyl carbamates (subject to hydrolysis) is 1. The first-order valence-electron chi connectivity index (χ1n) is 12.9. The molecule has 1 amide bonds. The van der Waals surface area contributed by atoms with Gasteiger partial charge in [-0.3, -0.25) is 14.4 Å². The fourth-order valence-corrected chi connectivity index (χ4v) is 4.08. The molecule has 10 nitrogen and oxygen atoms in total. The van der Waals surface area contributed by atoms with Crippen LogP contribution in [0.2, 0.25) is 0 Å². The number of nitrogens with one attached hydrogen (secondary N) is 2. The van der Waals surface area contributed by atoms with Gasteiger partial charge in [0.2, 0.25) is 0 Å². The largest absolute Gasteiger partial charge is 0.465 e. The Balaban J connectivity index is 1.92. The summed E-state index contributed by atoms with van der Waals surface area (Å²) in [5.74, 6) is -2.66. The second-order valence-electron chi connectivity index (χ2n) is 11.7. The second-order valence-corrected chi connectivity index (χ2v) is 11.7. The lowest BCUT2D eigenvalue weighted by atomic mass is 9.89. The van der Waals surface area contributed by atoms with E-state index in [1.807, 2.05) is 27.7 Å². The van der Waals surface area contributed by atoms with Crippen molar-refractivity contribution >= 4 is 40.5 Å². The summed E-state index contributed by atoms with van der Waals surface area (Å²) in [4.78, 5) is 61.7. The van der Waals surface area contributed by atoms with Crippen LogP contribution in [0.25, 0.3) is 11.0 Å². The Bertz CT molecular complexity index is 1250. The standard InChI is InChI=1S/C28H38N4O6/c1-9-37-24(35)18(22(34)28(13-14-28)32-25(36)38-27(6,7)8)15-20(33)17-11-10-12-19-21(17)30-23(16(2)29-19)31-26(3,4)5/h10-12,18H,9,13-15H2,1-8H3,(H,30,31)(H,32,36). The Morgan fingerprint density at radius 1 is 1.05 bits per heavy atom. The Hall–Kier alpha value is -3.56. The highest BCUT2D eigenvalue weighted by Gasteiger charge is 2.55. The number of hydrogen-bond acceptors (Lipinski definition) is 9. The van der Waals surface area contributed by atoms with E-state index in [1.165, 1.54) is 0 Å². The van der Waals surface area contributed by atoms with E-state index in [1.54, 1.807) is 45.9 Å². The van der Waals surface area contributed by atoms with E-state index in [0.29, 0.717) is 35.4 Å². The molecule has 38 heavy (non-hydrogen) atoms. The number of nitrogens with zero attached hydrogens (tertiary/aromatic N) is 2. The van der Waals surface area contributed by atoms with Gasteiger partial charge < -0.3 is 20.1 Å². The number of fused-ring (bicyclic) bond motifs is 1. The molecule has 1 unspecified atom stereocenters. The normalized spacial score (nSPS) is 15.4. The van der Waals surface area contributed by atoms with Crippen LogP contribution >= 0.6 is 0 Å². The summed E-state index contributed by atoms with van der Waals surface area (Å²) in [5.41, 5.74) is -0.476. The Morgan fingerprint density at radius 3 is 2.26 bits per heavy atom. The summed E-state index contributed by atoms with van der Waals surface area (Å²) >= 11 is 0. The van der Waals surface area contributed by atoms with Gasteiger partial charge in [0.1, 0.15) is 28.4 Å². The maximum atomic E-state index is 13.6. The van der Waals surface area contributed by atoms with Gasteiger partial charge in [-0.1, -0.05) is 6.07 Å². The maximum absolute atomic E-state index is 13.6. The van der Waals surface area contributed by atoms with Gasteiger partial charge in [0, 0.05) is 17.5 Å². The number of ketones is 2. The van der Waals surface area contributed by atoms with Crippen LogP contribution < -0.4 is 10.6 Å². The van der Waals surface area contributed by atoms with Gasteiger partial charge in [0.25, 0.3) is 0 Å². The number of hydrogen-bond donors (Lipinski definition) is 2. The van der Waals surface area contributed by atoms with Gasteiger partial charge in [-0.25, -0.2) is 14.8 Å². The monoisotopic (exact) mass is 526 g/mol. The number of benzene rings is 1. The lowest BCUT2D eigenvalue weighted by molar-refractivity contribution is -0.152. The van der Waals surface area contributed by atoms with Gasteiger partial charge in [-0.2, -0.15) is 0 Å². The minimum Gasteiger partial charge on any atom is -0.465 e. The minimum atomic E-state index is -1.39. The van der Waals surface area contributed by atoms with E-state index < -0.39 is 47.1 Å². The maximum Gasteiger partial charge on any atom is 0.408 e. The SMILES string of the molecule is CCOC(=O)C(CC(=O)c1cccc2nc(C)c(NC(C)(C)C)nc12)C(=O)C1(NC(=O)OC(C)(C)C)CC1. The molecule has 0 bridgehead atoms. The number of Topliss-reactive ketones (excluding diaryl/α,β-unsaturated/α-hetero) is 2. The van der Waals surface area contributed by atoms with Crippen LogP contribution in [0.4, 0.5) is 10.6 Å². The summed E-state index contributed by atoms with van der Waals surface area (Å²) in [6.45, 7) is 14.6. The van der Waals surface area contributed by atoms with Crippen molar-refractivity contribution in [3.05, 3.63) is 29.5 Å². The Labute approximate surface area is 223 Å². The number of amides is 1. The molecular weight excluding hydrogens is 488 g/mol. The Morgan fingerprint density at radius 2 is 1.71 bits per heavy atom. The molecule has 1 aromatic carbocycles. The third-order valence-electron chi connectivity index (χ3n) is 5.90. The molecule has 206 valence electrons. The predicted molar refractivity (Wildman–Crippen MR) is 143 cm³/mol. The molecule has 1 heterocycles. The zero-order valence-electron chi connectivity index (χ0n) is 23.5. The average Bonchev–Trinajstić information content (AvgIpc) is 3.55. The summed E-state index contributed by atoms with van der Waals surface area (Å²) in [6, 6.07) is 5.05. The quantitative estimate of drug-likeness (QED) is 0.274. The number of ether oxygens (including phenoxy) is 2. The highest BCUT2D eigenvalue weighted by atomic mass is 16.6. The molecule has 1 atom stereocenters. The molecule has 10 heteroatoms. The van der Waals surface area contributed by atoms with Crippen molar-refractivity contribution in [3.8, 4) is 0 Å². The number of rotatable bonds is 9. The molecule has 1 aliphatic rings. The Kier molecular flexibility index (Phi) is 8.14. The minimum absolute atomic E-state index is 0.0458. The molecule has 0 aliphatic heterocycles. The van der Waals surface area contributed by atoms with Crippen LogP contribution in [0.3, 0.4) is 0 Å². The first-order valence-corrected chi connectivity index (χ1v) is 12.9. The van der Waals surface area contributed by atoms with Crippen LogP contribution in [-0.2, 0) is 19.1 Å². The zero-order valence-corrected chi connectivity index (χ0v) is 23.5. The third-order valence-corrected chi connectivity index (χ3v) is 5.90. The van der Waals surface area contributed by atoms with Gasteiger partial charge >= 0.3 is 12.1 Å². The third kappa shape index (κ3) is 7.05. The van der Waals surface area contributed by atoms with Gasteiger partial charge in [-0.15, -0.1) is 0 Å². The molecule has 0 saturated heterocycles. The van der Waals surface area contributed by atoms with Crippen molar-refractivity contribution in [3.63, 3.8) is 0 Å². The molecule has 3 rings (SSSR count).